The van der Waals surface area contributed by atoms with E-state index in [0.717, 1.165) is 17.9 Å². The zero-order chi connectivity index (χ0) is 22.4. The lowest BCUT2D eigenvalue weighted by Crippen LogP contribution is -2.28. The van der Waals surface area contributed by atoms with E-state index in [2.05, 4.69) is 31.2 Å². The molecule has 1 N–H and O–H groups in total. The van der Waals surface area contributed by atoms with Crippen LogP contribution in [0.4, 0.5) is 0 Å². The maximum Gasteiger partial charge on any atom is 0.311 e. The second-order valence-electron chi connectivity index (χ2n) is 10.0. The van der Waals surface area contributed by atoms with E-state index in [0.29, 0.717) is 12.3 Å². The van der Waals surface area contributed by atoms with Crippen LogP contribution in [-0.4, -0.2) is 18.2 Å². The topological polar surface area (TPSA) is 46.5 Å². The summed E-state index contributed by atoms with van der Waals surface area (Å²) in [5.74, 6) is 1.38. The second-order valence-corrected chi connectivity index (χ2v) is 10.0. The Balaban J connectivity index is 1.76. The highest BCUT2D eigenvalue weighted by molar-refractivity contribution is 5.75. The molecule has 0 saturated heterocycles. The van der Waals surface area contributed by atoms with E-state index in [9.17, 15) is 9.90 Å². The Morgan fingerprint density at radius 1 is 1.00 bits per heavy atom. The van der Waals surface area contributed by atoms with Gasteiger partial charge in [-0.15, -0.1) is 0 Å². The van der Waals surface area contributed by atoms with Gasteiger partial charge in [-0.1, -0.05) is 62.6 Å². The molecule has 1 fully saturated rings. The van der Waals surface area contributed by atoms with Crippen LogP contribution < -0.4 is 0 Å². The molecule has 168 valence electrons. The summed E-state index contributed by atoms with van der Waals surface area (Å²) in [5, 5.41) is 9.72. The molecule has 2 atom stereocenters. The number of esters is 1. The van der Waals surface area contributed by atoms with Crippen molar-refractivity contribution in [1.29, 1.82) is 0 Å². The Bertz CT molecular complexity index is 830. The molecule has 0 bridgehead atoms. The smallest absolute Gasteiger partial charge is 0.311 e. The lowest BCUT2D eigenvalue weighted by Gasteiger charge is -2.30. The number of carbonyl (C=O) groups excluding carboxylic acids is 1. The van der Waals surface area contributed by atoms with Gasteiger partial charge in [-0.05, 0) is 86.1 Å². The number of ether oxygens (including phenoxy) is 1. The fourth-order valence-corrected chi connectivity index (χ4v) is 5.15. The van der Waals surface area contributed by atoms with Crippen molar-refractivity contribution in [2.75, 3.05) is 7.11 Å². The monoisotopic (exact) mass is 422 g/mol. The Kier molecular flexibility index (Phi) is 7.80. The van der Waals surface area contributed by atoms with Gasteiger partial charge in [0.25, 0.3) is 0 Å². The van der Waals surface area contributed by atoms with Crippen molar-refractivity contribution in [3.05, 3.63) is 65.2 Å². The van der Waals surface area contributed by atoms with Gasteiger partial charge in [-0.2, -0.15) is 0 Å². The van der Waals surface area contributed by atoms with Crippen molar-refractivity contribution < 1.29 is 14.6 Å². The Hall–Kier alpha value is -2.29. The van der Waals surface area contributed by atoms with Crippen molar-refractivity contribution in [2.24, 2.45) is 5.41 Å². The first kappa shape index (κ1) is 23.4. The summed E-state index contributed by atoms with van der Waals surface area (Å²) < 4.78 is 5.05. The summed E-state index contributed by atoms with van der Waals surface area (Å²) >= 11 is 0. The quantitative estimate of drug-likeness (QED) is 0.454. The van der Waals surface area contributed by atoms with Gasteiger partial charge in [0, 0.05) is 0 Å². The summed E-state index contributed by atoms with van der Waals surface area (Å²) in [5.41, 5.74) is 3.42. The van der Waals surface area contributed by atoms with Gasteiger partial charge in [0.05, 0.1) is 12.5 Å². The van der Waals surface area contributed by atoms with E-state index in [1.807, 2.05) is 26.0 Å². The fraction of sp³-hybridized carbons (Fsp3) is 0.536. The molecule has 1 aliphatic carbocycles. The van der Waals surface area contributed by atoms with E-state index in [1.165, 1.54) is 50.3 Å². The van der Waals surface area contributed by atoms with Crippen LogP contribution in [0.1, 0.15) is 100 Å². The molecule has 0 amide bonds. The molecule has 0 spiro atoms. The molecule has 1 aliphatic rings. The van der Waals surface area contributed by atoms with Crippen LogP contribution >= 0.6 is 0 Å². The first-order valence-corrected chi connectivity index (χ1v) is 11.8. The van der Waals surface area contributed by atoms with E-state index >= 15 is 0 Å². The van der Waals surface area contributed by atoms with Crippen LogP contribution in [-0.2, 0) is 9.53 Å². The highest BCUT2D eigenvalue weighted by Crippen LogP contribution is 2.40. The molecule has 0 aliphatic heterocycles. The number of phenols is 1. The molecular formula is C28H38O3. The molecule has 31 heavy (non-hydrogen) atoms. The largest absolute Gasteiger partial charge is 0.508 e. The zero-order valence-electron chi connectivity index (χ0n) is 19.6. The third-order valence-corrected chi connectivity index (χ3v) is 7.08. The van der Waals surface area contributed by atoms with E-state index < -0.39 is 5.41 Å². The minimum absolute atomic E-state index is 0.180. The molecule has 0 aromatic heterocycles. The molecule has 0 heterocycles. The lowest BCUT2D eigenvalue weighted by molar-refractivity contribution is -0.151. The first-order chi connectivity index (χ1) is 14.8. The summed E-state index contributed by atoms with van der Waals surface area (Å²) in [4.78, 5) is 12.3. The number of hydrogen-bond acceptors (Lipinski definition) is 3. The maximum absolute atomic E-state index is 12.3. The number of benzene rings is 2. The van der Waals surface area contributed by atoms with Crippen LogP contribution in [0.2, 0.25) is 0 Å². The van der Waals surface area contributed by atoms with Gasteiger partial charge >= 0.3 is 5.97 Å². The Morgan fingerprint density at radius 2 is 1.58 bits per heavy atom. The van der Waals surface area contributed by atoms with Crippen molar-refractivity contribution in [3.8, 4) is 5.75 Å². The van der Waals surface area contributed by atoms with Crippen LogP contribution in [0.25, 0.3) is 0 Å². The van der Waals surface area contributed by atoms with Crippen LogP contribution in [0, 0.1) is 5.41 Å². The fourth-order valence-electron chi connectivity index (χ4n) is 5.15. The Morgan fingerprint density at radius 3 is 2.16 bits per heavy atom. The summed E-state index contributed by atoms with van der Waals surface area (Å²) in [7, 11) is 1.45. The molecule has 2 aromatic rings. The van der Waals surface area contributed by atoms with Gasteiger partial charge in [0.15, 0.2) is 0 Å². The number of hydrogen-bond donors (Lipinski definition) is 1. The van der Waals surface area contributed by atoms with Gasteiger partial charge < -0.3 is 9.84 Å². The number of aromatic hydroxyl groups is 1. The summed E-state index contributed by atoms with van der Waals surface area (Å²) in [6, 6.07) is 16.7. The molecular weight excluding hydrogens is 384 g/mol. The minimum Gasteiger partial charge on any atom is -0.508 e. The van der Waals surface area contributed by atoms with Crippen molar-refractivity contribution in [2.45, 2.75) is 83.5 Å². The number of phenolic OH excluding ortho intramolecular Hbond substituents is 1. The highest BCUT2D eigenvalue weighted by atomic mass is 16.5. The van der Waals surface area contributed by atoms with Gasteiger partial charge in [-0.3, -0.25) is 4.79 Å². The lowest BCUT2D eigenvalue weighted by atomic mass is 9.75. The second kappa shape index (κ2) is 10.3. The molecule has 1 saturated carbocycles. The SMILES string of the molecule is COC(=O)C(C)(C)CC(CC(C)c1ccc(C2CCCCC2)cc1)c1ccc(O)cc1. The van der Waals surface area contributed by atoms with Crippen molar-refractivity contribution in [3.63, 3.8) is 0 Å². The minimum atomic E-state index is -0.568. The molecule has 3 heteroatoms. The highest BCUT2D eigenvalue weighted by Gasteiger charge is 2.33. The first-order valence-electron chi connectivity index (χ1n) is 11.8. The molecule has 2 unspecified atom stereocenters. The number of rotatable bonds is 8. The average molecular weight is 423 g/mol. The third kappa shape index (κ3) is 6.12. The molecule has 2 aromatic carbocycles. The van der Waals surface area contributed by atoms with E-state index in [1.54, 1.807) is 12.1 Å². The van der Waals surface area contributed by atoms with Gasteiger partial charge in [0.2, 0.25) is 0 Å². The average Bonchev–Trinajstić information content (AvgIpc) is 2.79. The summed E-state index contributed by atoms with van der Waals surface area (Å²) in [6.07, 6.45) is 8.37. The molecule has 0 radical (unpaired) electrons. The van der Waals surface area contributed by atoms with Crippen molar-refractivity contribution in [1.82, 2.24) is 0 Å². The standard InChI is InChI=1S/C28H38O3/c1-20(21-10-12-23(13-11-21)22-8-6-5-7-9-22)18-25(19-28(2,3)27(30)31-4)24-14-16-26(29)17-15-24/h10-17,20,22,25,29H,5-9,18-19H2,1-4H3. The summed E-state index contributed by atoms with van der Waals surface area (Å²) in [6.45, 7) is 6.18. The van der Waals surface area contributed by atoms with Crippen molar-refractivity contribution >= 4 is 5.97 Å². The Labute approximate surface area is 187 Å². The molecule has 3 nitrogen and oxygen atoms in total. The van der Waals surface area contributed by atoms with Crippen LogP contribution in [0.15, 0.2) is 48.5 Å². The van der Waals surface area contributed by atoms with Gasteiger partial charge in [-0.25, -0.2) is 0 Å². The van der Waals surface area contributed by atoms with E-state index in [4.69, 9.17) is 4.74 Å². The maximum atomic E-state index is 12.3. The van der Waals surface area contributed by atoms with Gasteiger partial charge in [0.1, 0.15) is 5.75 Å². The number of carbonyl (C=O) groups is 1. The third-order valence-electron chi connectivity index (χ3n) is 7.08. The van der Waals surface area contributed by atoms with E-state index in [-0.39, 0.29) is 17.6 Å². The normalized spacial score (nSPS) is 17.2. The predicted molar refractivity (Wildman–Crippen MR) is 127 cm³/mol. The zero-order valence-corrected chi connectivity index (χ0v) is 19.6. The number of methoxy groups -OCH3 is 1. The van der Waals surface area contributed by atoms with Crippen LogP contribution in [0.5, 0.6) is 5.75 Å². The predicted octanol–water partition coefficient (Wildman–Crippen LogP) is 7.31. The molecule has 3 rings (SSSR count). The van der Waals surface area contributed by atoms with Crippen LogP contribution in [0.3, 0.4) is 0 Å².